The Bertz CT molecular complexity index is 1030. The largest absolute Gasteiger partial charge is 0.497 e. The summed E-state index contributed by atoms with van der Waals surface area (Å²) in [5.74, 6) is 1.93. The third-order valence-corrected chi connectivity index (χ3v) is 5.55. The van der Waals surface area contributed by atoms with Gasteiger partial charge in [0.1, 0.15) is 28.5 Å². The lowest BCUT2D eigenvalue weighted by molar-refractivity contribution is 0.0713. The average molecular weight is 421 g/mol. The number of carbonyl (C=O) groups is 1. The Hall–Kier alpha value is -3.48. The number of aromatic nitrogens is 1. The lowest BCUT2D eigenvalue weighted by Gasteiger charge is -2.34. The van der Waals surface area contributed by atoms with Crippen molar-refractivity contribution >= 4 is 11.6 Å². The van der Waals surface area contributed by atoms with Gasteiger partial charge in [0.25, 0.3) is 5.91 Å². The molecule has 1 N–H and O–H groups in total. The van der Waals surface area contributed by atoms with Gasteiger partial charge in [-0.3, -0.25) is 4.79 Å². The molecular formula is C24H27N3O4. The lowest BCUT2D eigenvalue weighted by atomic mass is 10.0. The van der Waals surface area contributed by atoms with Gasteiger partial charge in [-0.15, -0.1) is 0 Å². The van der Waals surface area contributed by atoms with Crippen molar-refractivity contribution < 1.29 is 18.8 Å². The zero-order chi connectivity index (χ0) is 21.8. The highest BCUT2D eigenvalue weighted by molar-refractivity contribution is 6.00. The molecule has 7 heteroatoms. The molecule has 2 heterocycles. The summed E-state index contributed by atoms with van der Waals surface area (Å²) in [4.78, 5) is 15.3. The molecule has 1 amide bonds. The summed E-state index contributed by atoms with van der Waals surface area (Å²) in [6, 6.07) is 15.5. The Morgan fingerprint density at radius 3 is 2.52 bits per heavy atom. The molecule has 1 saturated heterocycles. The van der Waals surface area contributed by atoms with Crippen LogP contribution in [0.25, 0.3) is 11.3 Å². The van der Waals surface area contributed by atoms with E-state index in [9.17, 15) is 4.79 Å². The monoisotopic (exact) mass is 421 g/mol. The lowest BCUT2D eigenvalue weighted by Crippen LogP contribution is -2.45. The van der Waals surface area contributed by atoms with Gasteiger partial charge in [-0.05, 0) is 19.8 Å². The van der Waals surface area contributed by atoms with Gasteiger partial charge in [0, 0.05) is 48.6 Å². The summed E-state index contributed by atoms with van der Waals surface area (Å²) < 4.78 is 16.1. The number of hydrogen-bond acceptors (Lipinski definition) is 6. The van der Waals surface area contributed by atoms with Crippen molar-refractivity contribution in [2.75, 3.05) is 32.6 Å². The van der Waals surface area contributed by atoms with Crippen LogP contribution in [0.3, 0.4) is 0 Å². The summed E-state index contributed by atoms with van der Waals surface area (Å²) in [6.45, 7) is 3.09. The van der Waals surface area contributed by atoms with E-state index in [0.717, 1.165) is 35.6 Å². The normalized spacial score (nSPS) is 16.1. The maximum atomic E-state index is 13.4. The second-order valence-corrected chi connectivity index (χ2v) is 7.66. The number of benzene rings is 2. The Morgan fingerprint density at radius 2 is 1.84 bits per heavy atom. The van der Waals surface area contributed by atoms with Crippen LogP contribution in [-0.2, 0) is 0 Å². The first-order valence-corrected chi connectivity index (χ1v) is 10.4. The number of likely N-dealkylation sites (tertiary alicyclic amines) is 1. The van der Waals surface area contributed by atoms with E-state index in [1.54, 1.807) is 21.1 Å². The average Bonchev–Trinajstić information content (AvgIpc) is 3.20. The first-order chi connectivity index (χ1) is 15.1. The summed E-state index contributed by atoms with van der Waals surface area (Å²) in [6.07, 6.45) is 1.88. The van der Waals surface area contributed by atoms with Crippen molar-refractivity contribution in [2.24, 2.45) is 0 Å². The van der Waals surface area contributed by atoms with Gasteiger partial charge in [0.2, 0.25) is 0 Å². The first-order valence-electron chi connectivity index (χ1n) is 10.4. The van der Waals surface area contributed by atoms with Gasteiger partial charge in [-0.2, -0.15) is 0 Å². The van der Waals surface area contributed by atoms with Crippen LogP contribution in [-0.4, -0.2) is 49.3 Å². The molecule has 1 aromatic heterocycles. The van der Waals surface area contributed by atoms with Gasteiger partial charge in [0.15, 0.2) is 0 Å². The third-order valence-electron chi connectivity index (χ3n) is 5.55. The molecule has 7 nitrogen and oxygen atoms in total. The smallest absolute Gasteiger partial charge is 0.259 e. The number of nitrogens with one attached hydrogen (secondary N) is 1. The number of anilines is 1. The second kappa shape index (κ2) is 9.12. The molecule has 0 spiro atoms. The Labute approximate surface area is 181 Å². The van der Waals surface area contributed by atoms with Crippen LogP contribution < -0.4 is 14.8 Å². The van der Waals surface area contributed by atoms with Crippen LogP contribution >= 0.6 is 0 Å². The number of aryl methyl sites for hydroxylation is 1. The molecule has 2 aromatic carbocycles. The fourth-order valence-corrected chi connectivity index (χ4v) is 3.98. The maximum absolute atomic E-state index is 13.4. The second-order valence-electron chi connectivity index (χ2n) is 7.66. The van der Waals surface area contributed by atoms with Crippen LogP contribution in [0.15, 0.2) is 53.1 Å². The molecule has 1 fully saturated rings. The molecule has 162 valence electrons. The van der Waals surface area contributed by atoms with E-state index < -0.39 is 0 Å². The molecule has 0 bridgehead atoms. The highest BCUT2D eigenvalue weighted by atomic mass is 16.5. The number of nitrogens with zero attached hydrogens (tertiary/aromatic N) is 2. The molecule has 31 heavy (non-hydrogen) atoms. The number of carbonyl (C=O) groups excluding carboxylic acids is 1. The summed E-state index contributed by atoms with van der Waals surface area (Å²) in [7, 11) is 3.26. The van der Waals surface area contributed by atoms with E-state index in [0.29, 0.717) is 30.1 Å². The number of methoxy groups -OCH3 is 2. The minimum absolute atomic E-state index is 0.0488. The standard InChI is InChI=1S/C24H27N3O4/c1-16-22(23(26-31-16)17-8-5-4-6-9-17)24(28)27-11-7-10-18(15-27)25-19-12-20(29-2)14-21(13-19)30-3/h4-6,8-9,12-14,18,25H,7,10-11,15H2,1-3H3. The summed E-state index contributed by atoms with van der Waals surface area (Å²) in [5, 5.41) is 7.69. The number of piperidine rings is 1. The minimum Gasteiger partial charge on any atom is -0.497 e. The van der Waals surface area contributed by atoms with E-state index in [1.165, 1.54) is 0 Å². The van der Waals surface area contributed by atoms with E-state index >= 15 is 0 Å². The maximum Gasteiger partial charge on any atom is 0.259 e. The Kier molecular flexibility index (Phi) is 6.11. The van der Waals surface area contributed by atoms with Crippen molar-refractivity contribution in [1.29, 1.82) is 0 Å². The molecule has 3 aromatic rings. The van der Waals surface area contributed by atoms with Crippen molar-refractivity contribution in [1.82, 2.24) is 10.1 Å². The van der Waals surface area contributed by atoms with E-state index in [1.807, 2.05) is 53.4 Å². The van der Waals surface area contributed by atoms with Crippen molar-refractivity contribution in [2.45, 2.75) is 25.8 Å². The van der Waals surface area contributed by atoms with Crippen molar-refractivity contribution in [3.05, 3.63) is 59.9 Å². The van der Waals surface area contributed by atoms with Gasteiger partial charge < -0.3 is 24.2 Å². The van der Waals surface area contributed by atoms with Gasteiger partial charge >= 0.3 is 0 Å². The van der Waals surface area contributed by atoms with Gasteiger partial charge in [0.05, 0.1) is 14.2 Å². The highest BCUT2D eigenvalue weighted by Gasteiger charge is 2.30. The summed E-state index contributed by atoms with van der Waals surface area (Å²) >= 11 is 0. The minimum atomic E-state index is -0.0488. The Morgan fingerprint density at radius 1 is 1.13 bits per heavy atom. The quantitative estimate of drug-likeness (QED) is 0.636. The summed E-state index contributed by atoms with van der Waals surface area (Å²) in [5.41, 5.74) is 2.91. The molecule has 0 saturated carbocycles. The van der Waals surface area contributed by atoms with Crippen LogP contribution in [0.5, 0.6) is 11.5 Å². The van der Waals surface area contributed by atoms with Gasteiger partial charge in [-0.25, -0.2) is 0 Å². The molecule has 0 radical (unpaired) electrons. The molecule has 4 rings (SSSR count). The highest BCUT2D eigenvalue weighted by Crippen LogP contribution is 2.29. The topological polar surface area (TPSA) is 76.8 Å². The number of hydrogen-bond donors (Lipinski definition) is 1. The fraction of sp³-hybridized carbons (Fsp3) is 0.333. The molecular weight excluding hydrogens is 394 g/mol. The van der Waals surface area contributed by atoms with E-state index in [2.05, 4.69) is 10.5 Å². The third kappa shape index (κ3) is 4.50. The number of ether oxygens (including phenoxy) is 2. The first kappa shape index (κ1) is 20.8. The SMILES string of the molecule is COc1cc(NC2CCCN(C(=O)c3c(-c4ccccc4)noc3C)C2)cc(OC)c1. The molecule has 1 aliphatic rings. The predicted octanol–water partition coefficient (Wildman–Crippen LogP) is 4.38. The van der Waals surface area contributed by atoms with Crippen molar-refractivity contribution in [3.63, 3.8) is 0 Å². The van der Waals surface area contributed by atoms with Crippen LogP contribution in [0.1, 0.15) is 29.0 Å². The molecule has 0 aliphatic carbocycles. The van der Waals surface area contributed by atoms with Gasteiger partial charge in [-0.1, -0.05) is 35.5 Å². The number of amides is 1. The van der Waals surface area contributed by atoms with Crippen LogP contribution in [0, 0.1) is 6.92 Å². The Balaban J connectivity index is 1.52. The zero-order valence-electron chi connectivity index (χ0n) is 18.1. The van der Waals surface area contributed by atoms with Crippen LogP contribution in [0.4, 0.5) is 5.69 Å². The van der Waals surface area contributed by atoms with E-state index in [4.69, 9.17) is 14.0 Å². The fourth-order valence-electron chi connectivity index (χ4n) is 3.98. The number of rotatable bonds is 6. The predicted molar refractivity (Wildman–Crippen MR) is 119 cm³/mol. The molecule has 1 unspecified atom stereocenters. The van der Waals surface area contributed by atoms with Crippen molar-refractivity contribution in [3.8, 4) is 22.8 Å². The van der Waals surface area contributed by atoms with E-state index in [-0.39, 0.29) is 11.9 Å². The molecule has 1 aliphatic heterocycles. The van der Waals surface area contributed by atoms with Crippen LogP contribution in [0.2, 0.25) is 0 Å². The zero-order valence-corrected chi connectivity index (χ0v) is 18.1. The molecule has 1 atom stereocenters.